The molecule has 1 fully saturated rings. The van der Waals surface area contributed by atoms with E-state index in [2.05, 4.69) is 4.90 Å². The second kappa shape index (κ2) is 7.61. The van der Waals surface area contributed by atoms with Crippen LogP contribution in [0.15, 0.2) is 15.3 Å². The highest BCUT2D eigenvalue weighted by Crippen LogP contribution is 2.32. The van der Waals surface area contributed by atoms with Crippen LogP contribution < -0.4 is 11.2 Å². The fraction of sp³-hybridized carbons (Fsp3) is 0.625. The van der Waals surface area contributed by atoms with E-state index < -0.39 is 23.0 Å². The Morgan fingerprint density at radius 2 is 2.04 bits per heavy atom. The summed E-state index contributed by atoms with van der Waals surface area (Å²) in [5.41, 5.74) is 4.79. The average Bonchev–Trinajstić information content (AvgIpc) is 2.49. The van der Waals surface area contributed by atoms with Gasteiger partial charge in [0.1, 0.15) is 5.76 Å². The number of hydrogen-bond donors (Lipinski definition) is 2. The zero-order valence-electron chi connectivity index (χ0n) is 13.6. The number of carbonyl (C=O) groups excluding carboxylic acids is 1. The van der Waals surface area contributed by atoms with Gasteiger partial charge in [-0.1, -0.05) is 13.8 Å². The van der Waals surface area contributed by atoms with Crippen LogP contribution in [-0.4, -0.2) is 42.2 Å². The highest BCUT2D eigenvalue weighted by Gasteiger charge is 2.26. The van der Waals surface area contributed by atoms with Crippen LogP contribution in [0.5, 0.6) is 5.75 Å². The maximum absolute atomic E-state index is 12.0. The van der Waals surface area contributed by atoms with Gasteiger partial charge < -0.3 is 20.0 Å². The summed E-state index contributed by atoms with van der Waals surface area (Å²) in [4.78, 5) is 25.4. The molecule has 1 aliphatic heterocycles. The summed E-state index contributed by atoms with van der Waals surface area (Å²) in [6.45, 7) is 7.05. The van der Waals surface area contributed by atoms with Crippen molar-refractivity contribution in [2.45, 2.75) is 32.7 Å². The zero-order chi connectivity index (χ0) is 17.0. The second-order valence-corrected chi connectivity index (χ2v) is 6.20. The van der Waals surface area contributed by atoms with Crippen LogP contribution in [0.1, 0.15) is 37.7 Å². The molecule has 3 N–H and O–H groups in total. The van der Waals surface area contributed by atoms with Gasteiger partial charge in [0.25, 0.3) is 0 Å². The van der Waals surface area contributed by atoms with E-state index >= 15 is 0 Å². The normalized spacial score (nSPS) is 17.3. The van der Waals surface area contributed by atoms with Gasteiger partial charge in [-0.25, -0.2) is 0 Å². The number of nitrogens with zero attached hydrogens (tertiary/aromatic N) is 1. The summed E-state index contributed by atoms with van der Waals surface area (Å²) in [5.74, 6) is -0.741. The number of nitrogens with two attached hydrogens (primary N) is 1. The minimum absolute atomic E-state index is 0.00446. The number of aromatic hydroxyl groups is 1. The van der Waals surface area contributed by atoms with Crippen molar-refractivity contribution < 1.29 is 19.1 Å². The third-order valence-electron chi connectivity index (χ3n) is 4.05. The molecular weight excluding hydrogens is 300 g/mol. The van der Waals surface area contributed by atoms with E-state index in [1.54, 1.807) is 0 Å². The van der Waals surface area contributed by atoms with Gasteiger partial charge in [0, 0.05) is 31.5 Å². The molecule has 7 nitrogen and oxygen atoms in total. The lowest BCUT2D eigenvalue weighted by atomic mass is 9.89. The first-order chi connectivity index (χ1) is 10.9. The Morgan fingerprint density at radius 1 is 1.39 bits per heavy atom. The fourth-order valence-electron chi connectivity index (χ4n) is 2.71. The van der Waals surface area contributed by atoms with E-state index in [4.69, 9.17) is 14.9 Å². The van der Waals surface area contributed by atoms with E-state index in [-0.39, 0.29) is 18.1 Å². The molecule has 1 amide bonds. The van der Waals surface area contributed by atoms with Gasteiger partial charge in [-0.05, 0) is 5.92 Å². The van der Waals surface area contributed by atoms with E-state index in [0.29, 0.717) is 25.5 Å². The van der Waals surface area contributed by atoms with E-state index in [9.17, 15) is 14.7 Å². The molecule has 0 saturated carbocycles. The molecule has 1 aliphatic rings. The smallest absolute Gasteiger partial charge is 0.227 e. The third kappa shape index (κ3) is 4.56. The molecule has 0 radical (unpaired) electrons. The summed E-state index contributed by atoms with van der Waals surface area (Å²) in [7, 11) is 0. The van der Waals surface area contributed by atoms with Crippen LogP contribution in [-0.2, 0) is 16.1 Å². The zero-order valence-corrected chi connectivity index (χ0v) is 13.6. The maximum Gasteiger partial charge on any atom is 0.227 e. The van der Waals surface area contributed by atoms with Gasteiger partial charge in [-0.2, -0.15) is 0 Å². The molecule has 1 saturated heterocycles. The van der Waals surface area contributed by atoms with Gasteiger partial charge in [-0.15, -0.1) is 0 Å². The van der Waals surface area contributed by atoms with Crippen molar-refractivity contribution in [2.24, 2.45) is 11.7 Å². The number of hydrogen-bond acceptors (Lipinski definition) is 6. The van der Waals surface area contributed by atoms with Crippen LogP contribution in [0.2, 0.25) is 0 Å². The number of carbonyl (C=O) groups is 1. The van der Waals surface area contributed by atoms with Gasteiger partial charge in [0.2, 0.25) is 17.1 Å². The molecule has 128 valence electrons. The Balaban J connectivity index is 2.30. The largest absolute Gasteiger partial charge is 0.502 e. The molecule has 0 unspecified atom stereocenters. The molecule has 0 spiro atoms. The maximum atomic E-state index is 12.0. The van der Waals surface area contributed by atoms with Crippen molar-refractivity contribution in [1.82, 2.24) is 4.90 Å². The number of rotatable bonds is 6. The summed E-state index contributed by atoms with van der Waals surface area (Å²) in [5, 5.41) is 10.1. The van der Waals surface area contributed by atoms with Crippen molar-refractivity contribution in [3.63, 3.8) is 0 Å². The van der Waals surface area contributed by atoms with E-state index in [0.717, 1.165) is 13.1 Å². The van der Waals surface area contributed by atoms with Crippen LogP contribution in [0.4, 0.5) is 0 Å². The molecule has 7 heteroatoms. The molecule has 2 rings (SSSR count). The monoisotopic (exact) mass is 324 g/mol. The van der Waals surface area contributed by atoms with E-state index in [1.807, 2.05) is 13.8 Å². The first-order valence-electron chi connectivity index (χ1n) is 7.82. The quantitative estimate of drug-likeness (QED) is 0.801. The van der Waals surface area contributed by atoms with E-state index in [1.165, 1.54) is 6.07 Å². The molecule has 1 aromatic heterocycles. The lowest BCUT2D eigenvalue weighted by molar-refractivity contribution is -0.118. The summed E-state index contributed by atoms with van der Waals surface area (Å²) in [6, 6.07) is 1.30. The van der Waals surface area contributed by atoms with Gasteiger partial charge in [0.15, 0.2) is 5.76 Å². The Morgan fingerprint density at radius 3 is 2.61 bits per heavy atom. The Labute approximate surface area is 135 Å². The van der Waals surface area contributed by atoms with Crippen molar-refractivity contribution >= 4 is 5.91 Å². The molecule has 1 aromatic rings. The predicted octanol–water partition coefficient (Wildman–Crippen LogP) is 0.793. The lowest BCUT2D eigenvalue weighted by Crippen LogP contribution is -2.35. The van der Waals surface area contributed by atoms with Crippen molar-refractivity contribution in [2.75, 3.05) is 26.3 Å². The van der Waals surface area contributed by atoms with Crippen molar-refractivity contribution in [1.29, 1.82) is 0 Å². The highest BCUT2D eigenvalue weighted by atomic mass is 16.5. The predicted molar refractivity (Wildman–Crippen MR) is 84.1 cm³/mol. The van der Waals surface area contributed by atoms with Gasteiger partial charge in [0.05, 0.1) is 19.8 Å². The molecule has 0 bridgehead atoms. The van der Waals surface area contributed by atoms with Crippen LogP contribution >= 0.6 is 0 Å². The molecule has 0 aromatic carbocycles. The standard InChI is InChI=1S/C16H24N2O5/c1-10(2)12(8-14(17)20)16-15(21)13(19)7-11(23-16)9-18-3-5-22-6-4-18/h7,10,12,21H,3-6,8-9H2,1-2H3,(H2,17,20)/t12-/m1/s1. The van der Waals surface area contributed by atoms with Gasteiger partial charge in [-0.3, -0.25) is 14.5 Å². The minimum atomic E-state index is -0.496. The fourth-order valence-corrected chi connectivity index (χ4v) is 2.71. The van der Waals surface area contributed by atoms with Crippen molar-refractivity contribution in [3.05, 3.63) is 27.8 Å². The third-order valence-corrected chi connectivity index (χ3v) is 4.05. The summed E-state index contributed by atoms with van der Waals surface area (Å²) in [6.07, 6.45) is 0.0230. The molecular formula is C16H24N2O5. The van der Waals surface area contributed by atoms with Crippen LogP contribution in [0, 0.1) is 5.92 Å². The molecule has 23 heavy (non-hydrogen) atoms. The molecule has 0 aliphatic carbocycles. The van der Waals surface area contributed by atoms with Crippen LogP contribution in [0.25, 0.3) is 0 Å². The highest BCUT2D eigenvalue weighted by molar-refractivity contribution is 5.74. The number of amides is 1. The first kappa shape index (κ1) is 17.5. The SMILES string of the molecule is CC(C)[C@@H](CC(N)=O)c1oc(CN2CCOCC2)cc(=O)c1O. The lowest BCUT2D eigenvalue weighted by Gasteiger charge is -2.26. The average molecular weight is 324 g/mol. The summed E-state index contributed by atoms with van der Waals surface area (Å²) < 4.78 is 11.1. The van der Waals surface area contributed by atoms with Gasteiger partial charge >= 0.3 is 0 Å². The topological polar surface area (TPSA) is 106 Å². The minimum Gasteiger partial charge on any atom is -0.502 e. The van der Waals surface area contributed by atoms with Crippen molar-refractivity contribution in [3.8, 4) is 5.75 Å². The summed E-state index contributed by atoms with van der Waals surface area (Å²) >= 11 is 0. The molecule has 2 heterocycles. The van der Waals surface area contributed by atoms with Crippen LogP contribution in [0.3, 0.4) is 0 Å². The number of morpholine rings is 1. The second-order valence-electron chi connectivity index (χ2n) is 6.20. The Bertz CT molecular complexity index is 605. The Kier molecular flexibility index (Phi) is 5.79. The molecule has 1 atom stereocenters. The first-order valence-corrected chi connectivity index (χ1v) is 7.82. The Hall–Kier alpha value is -1.86. The number of primary amides is 1. The number of ether oxygens (including phenoxy) is 1.